The molecule has 2 N–H and O–H groups in total. The molecule has 4 aromatic rings. The highest BCUT2D eigenvalue weighted by Gasteiger charge is 2.24. The van der Waals surface area contributed by atoms with Crippen molar-refractivity contribution in [3.63, 3.8) is 0 Å². The zero-order valence-corrected chi connectivity index (χ0v) is 22.5. The first-order valence-electron chi connectivity index (χ1n) is 12.4. The van der Waals surface area contributed by atoms with Gasteiger partial charge in [0.2, 0.25) is 0 Å². The Balaban J connectivity index is 1.39. The number of carbonyl (C=O) groups is 1. The van der Waals surface area contributed by atoms with Crippen LogP contribution in [0.3, 0.4) is 0 Å². The lowest BCUT2D eigenvalue weighted by molar-refractivity contribution is 0.122. The Bertz CT molecular complexity index is 1510. The molecule has 0 spiro atoms. The van der Waals surface area contributed by atoms with E-state index < -0.39 is 17.0 Å². The minimum atomic E-state index is -0.930. The van der Waals surface area contributed by atoms with Gasteiger partial charge in [-0.25, -0.2) is 28.8 Å². The highest BCUT2D eigenvalue weighted by atomic mass is 32.2. The van der Waals surface area contributed by atoms with E-state index in [2.05, 4.69) is 21.0 Å². The number of hydrogen-bond donors (Lipinski definition) is 2. The molecule has 14 heteroatoms. The number of hydrogen-bond acceptors (Lipinski definition) is 10. The van der Waals surface area contributed by atoms with Gasteiger partial charge in [0.25, 0.3) is 0 Å². The Kier molecular flexibility index (Phi) is 7.07. The molecule has 3 aromatic heterocycles. The summed E-state index contributed by atoms with van der Waals surface area (Å²) >= 11 is 1.72. The van der Waals surface area contributed by atoms with Crippen molar-refractivity contribution in [1.82, 2.24) is 34.4 Å². The van der Waals surface area contributed by atoms with Crippen LogP contribution in [-0.4, -0.2) is 103 Å². The van der Waals surface area contributed by atoms with E-state index in [-0.39, 0.29) is 0 Å². The SMILES string of the molecule is CS(=O)N1CCN(Cc2cc3nc(-c4cccc5c4cnn5C(=O)NO)nc(N4CCOCC4)c3s2)CC1. The van der Waals surface area contributed by atoms with Crippen LogP contribution in [0.5, 0.6) is 0 Å². The topological polar surface area (TPSA) is 129 Å². The fourth-order valence-corrected chi connectivity index (χ4v) is 6.81. The number of hydroxylamine groups is 1. The number of thiophene rings is 1. The number of fused-ring (bicyclic) bond motifs is 2. The highest BCUT2D eigenvalue weighted by molar-refractivity contribution is 7.81. The summed E-state index contributed by atoms with van der Waals surface area (Å²) < 4.78 is 21.5. The van der Waals surface area contributed by atoms with Crippen molar-refractivity contribution in [2.45, 2.75) is 6.54 Å². The van der Waals surface area contributed by atoms with Crippen molar-refractivity contribution in [3.8, 4) is 11.4 Å². The van der Waals surface area contributed by atoms with Gasteiger partial charge in [-0.3, -0.25) is 10.1 Å². The molecular weight excluding hydrogens is 528 g/mol. The number of aromatic nitrogens is 4. The normalized spacial score (nSPS) is 18.3. The molecule has 5 heterocycles. The number of rotatable bonds is 5. The standard InChI is InChI=1S/C24H28N8O4S2/c1-38(35)31-7-5-29(6-8-31)15-16-13-19-21(37-16)23(30-9-11-36-12-10-30)27-22(26-19)17-3-2-4-20-18(17)14-25-32(20)24(33)28-34/h2-4,13-14,34H,5-12,15H2,1H3,(H,28,33). The molecule has 0 saturated carbocycles. The molecule has 0 bridgehead atoms. The lowest BCUT2D eigenvalue weighted by Crippen LogP contribution is -2.46. The molecule has 1 atom stereocenters. The second-order valence-corrected chi connectivity index (χ2v) is 11.7. The predicted octanol–water partition coefficient (Wildman–Crippen LogP) is 1.90. The van der Waals surface area contributed by atoms with Gasteiger partial charge in [0, 0.05) is 67.9 Å². The number of benzene rings is 1. The molecule has 6 rings (SSSR count). The third-order valence-electron chi connectivity index (χ3n) is 6.93. The molecule has 200 valence electrons. The van der Waals surface area contributed by atoms with E-state index in [1.165, 1.54) is 4.88 Å². The zero-order chi connectivity index (χ0) is 26.2. The number of piperazine rings is 1. The molecule has 1 aromatic carbocycles. The summed E-state index contributed by atoms with van der Waals surface area (Å²) in [7, 11) is -0.930. The fraction of sp³-hybridized carbons (Fsp3) is 0.417. The smallest absolute Gasteiger partial charge is 0.366 e. The van der Waals surface area contributed by atoms with E-state index in [9.17, 15) is 9.00 Å². The molecule has 2 aliphatic heterocycles. The molecule has 2 aliphatic rings. The predicted molar refractivity (Wildman–Crippen MR) is 146 cm³/mol. The van der Waals surface area contributed by atoms with Crippen LogP contribution in [0.25, 0.3) is 32.5 Å². The van der Waals surface area contributed by atoms with Crippen LogP contribution < -0.4 is 10.4 Å². The molecule has 2 fully saturated rings. The molecule has 0 radical (unpaired) electrons. The lowest BCUT2D eigenvalue weighted by Gasteiger charge is -2.32. The van der Waals surface area contributed by atoms with Crippen LogP contribution in [0.2, 0.25) is 0 Å². The first kappa shape index (κ1) is 25.3. The molecule has 12 nitrogen and oxygen atoms in total. The quantitative estimate of drug-likeness (QED) is 0.280. The van der Waals surface area contributed by atoms with E-state index in [0.717, 1.165) is 72.1 Å². The number of carbonyl (C=O) groups excluding carboxylic acids is 1. The van der Waals surface area contributed by atoms with Gasteiger partial charge in [-0.15, -0.1) is 11.3 Å². The van der Waals surface area contributed by atoms with Gasteiger partial charge in [-0.05, 0) is 12.1 Å². The summed E-state index contributed by atoms with van der Waals surface area (Å²) in [4.78, 5) is 27.9. The fourth-order valence-electron chi connectivity index (χ4n) is 4.97. The van der Waals surface area contributed by atoms with Gasteiger partial charge in [-0.2, -0.15) is 9.78 Å². The van der Waals surface area contributed by atoms with Crippen LogP contribution in [0.4, 0.5) is 10.6 Å². The number of anilines is 1. The number of amides is 1. The zero-order valence-electron chi connectivity index (χ0n) is 20.9. The molecule has 1 unspecified atom stereocenters. The number of morpholine rings is 1. The summed E-state index contributed by atoms with van der Waals surface area (Å²) in [6.07, 6.45) is 3.32. The van der Waals surface area contributed by atoms with Crippen LogP contribution in [0.1, 0.15) is 4.88 Å². The van der Waals surface area contributed by atoms with Crippen molar-refractivity contribution in [1.29, 1.82) is 0 Å². The van der Waals surface area contributed by atoms with Crippen molar-refractivity contribution in [2.24, 2.45) is 0 Å². The first-order chi connectivity index (χ1) is 18.5. The van der Waals surface area contributed by atoms with E-state index in [4.69, 9.17) is 19.9 Å². The maximum absolute atomic E-state index is 12.1. The maximum Gasteiger partial charge on any atom is 0.366 e. The largest absolute Gasteiger partial charge is 0.378 e. The molecule has 38 heavy (non-hydrogen) atoms. The van der Waals surface area contributed by atoms with Crippen LogP contribution in [0.15, 0.2) is 30.5 Å². The summed E-state index contributed by atoms with van der Waals surface area (Å²) in [5, 5.41) is 14.0. The monoisotopic (exact) mass is 556 g/mol. The summed E-state index contributed by atoms with van der Waals surface area (Å²) in [6.45, 7) is 6.90. The van der Waals surface area contributed by atoms with E-state index in [1.54, 1.807) is 35.3 Å². The van der Waals surface area contributed by atoms with Gasteiger partial charge in [-0.1, -0.05) is 12.1 Å². The Hall–Kier alpha value is -3.01. The minimum Gasteiger partial charge on any atom is -0.378 e. The van der Waals surface area contributed by atoms with E-state index in [1.807, 2.05) is 16.4 Å². The molecule has 1 amide bonds. The molecule has 0 aliphatic carbocycles. The third kappa shape index (κ3) is 4.79. The van der Waals surface area contributed by atoms with Crippen LogP contribution in [0, 0.1) is 0 Å². The first-order valence-corrected chi connectivity index (χ1v) is 14.7. The second kappa shape index (κ2) is 10.6. The lowest BCUT2D eigenvalue weighted by atomic mass is 10.1. The van der Waals surface area contributed by atoms with Gasteiger partial charge < -0.3 is 9.64 Å². The third-order valence-corrected chi connectivity index (χ3v) is 9.13. The maximum atomic E-state index is 12.1. The highest BCUT2D eigenvalue weighted by Crippen LogP contribution is 2.36. The number of ether oxygens (including phenoxy) is 1. The van der Waals surface area contributed by atoms with Crippen molar-refractivity contribution >= 4 is 55.3 Å². The summed E-state index contributed by atoms with van der Waals surface area (Å²) in [5.74, 6) is 1.44. The van der Waals surface area contributed by atoms with Gasteiger partial charge in [0.15, 0.2) is 11.6 Å². The van der Waals surface area contributed by atoms with Crippen molar-refractivity contribution in [3.05, 3.63) is 35.3 Å². The van der Waals surface area contributed by atoms with Gasteiger partial charge >= 0.3 is 6.03 Å². The van der Waals surface area contributed by atoms with Crippen LogP contribution >= 0.6 is 11.3 Å². The summed E-state index contributed by atoms with van der Waals surface area (Å²) in [6, 6.07) is 6.90. The van der Waals surface area contributed by atoms with E-state index in [0.29, 0.717) is 29.9 Å². The Morgan fingerprint density at radius 1 is 1.16 bits per heavy atom. The number of nitrogens with zero attached hydrogens (tertiary/aromatic N) is 7. The average Bonchev–Trinajstić information content (AvgIpc) is 3.56. The average molecular weight is 557 g/mol. The summed E-state index contributed by atoms with van der Waals surface area (Å²) in [5.41, 5.74) is 3.81. The van der Waals surface area contributed by atoms with Crippen molar-refractivity contribution < 1.29 is 18.9 Å². The van der Waals surface area contributed by atoms with Gasteiger partial charge in [0.1, 0.15) is 0 Å². The molecule has 2 saturated heterocycles. The second-order valence-electron chi connectivity index (χ2n) is 9.24. The minimum absolute atomic E-state index is 0.545. The number of nitrogens with one attached hydrogen (secondary N) is 1. The van der Waals surface area contributed by atoms with Crippen molar-refractivity contribution in [2.75, 3.05) is 63.6 Å². The van der Waals surface area contributed by atoms with E-state index >= 15 is 0 Å². The molecular formula is C24H28N8O4S2. The van der Waals surface area contributed by atoms with Crippen LogP contribution in [-0.2, 0) is 22.3 Å². The Morgan fingerprint density at radius 2 is 1.95 bits per heavy atom. The Morgan fingerprint density at radius 3 is 2.68 bits per heavy atom. The van der Waals surface area contributed by atoms with Gasteiger partial charge in [0.05, 0.1) is 46.1 Å². The Labute approximate surface area is 225 Å².